The Morgan fingerprint density at radius 2 is 1.87 bits per heavy atom. The van der Waals surface area contributed by atoms with Crippen LogP contribution in [-0.2, 0) is 5.41 Å². The Morgan fingerprint density at radius 1 is 1.22 bits per heavy atom. The summed E-state index contributed by atoms with van der Waals surface area (Å²) in [6.45, 7) is 5.14. The van der Waals surface area contributed by atoms with Crippen LogP contribution in [0.2, 0.25) is 0 Å². The van der Waals surface area contributed by atoms with E-state index in [0.29, 0.717) is 17.1 Å². The topological polar surface area (TPSA) is 61.3 Å². The van der Waals surface area contributed by atoms with E-state index in [1.54, 1.807) is 37.5 Å². The van der Waals surface area contributed by atoms with Crippen LogP contribution in [0.25, 0.3) is 0 Å². The van der Waals surface area contributed by atoms with Gasteiger partial charge in [0.25, 0.3) is 0 Å². The molecule has 0 radical (unpaired) electrons. The fourth-order valence-electron chi connectivity index (χ4n) is 2.87. The largest absolute Gasteiger partial charge is 0.395 e. The second-order valence-corrected chi connectivity index (χ2v) is 5.98. The van der Waals surface area contributed by atoms with Crippen molar-refractivity contribution in [2.24, 2.45) is 0 Å². The number of aromatic nitrogens is 2. The molecule has 122 valence electrons. The summed E-state index contributed by atoms with van der Waals surface area (Å²) in [6, 6.07) is 6.50. The fourth-order valence-corrected chi connectivity index (χ4v) is 2.87. The third kappa shape index (κ3) is 3.04. The third-order valence-corrected chi connectivity index (χ3v) is 4.46. The van der Waals surface area contributed by atoms with Crippen LogP contribution in [0, 0.1) is 5.82 Å². The summed E-state index contributed by atoms with van der Waals surface area (Å²) in [5.74, 6) is 0.333. The normalized spacial score (nSPS) is 17.8. The number of nitrogens with zero attached hydrogens (tertiary/aromatic N) is 3. The van der Waals surface area contributed by atoms with Crippen LogP contribution in [0.1, 0.15) is 18.1 Å². The standard InChI is InChI=1S/C17H21FN4O/c1-17(12-23,14-4-2-3-5-15(14)18)13-10-20-16(21-11-13)22-8-6-19-7-9-22/h2-5,10-11,19,23H,6-9,12H2,1H3. The molecule has 2 aromatic rings. The van der Waals surface area contributed by atoms with Crippen molar-refractivity contribution >= 4 is 5.95 Å². The van der Waals surface area contributed by atoms with Crippen molar-refractivity contribution in [3.8, 4) is 0 Å². The minimum absolute atomic E-state index is 0.218. The first-order chi connectivity index (χ1) is 11.1. The lowest BCUT2D eigenvalue weighted by Gasteiger charge is -2.30. The van der Waals surface area contributed by atoms with Crippen LogP contribution in [-0.4, -0.2) is 47.9 Å². The average Bonchev–Trinajstić information content (AvgIpc) is 2.62. The monoisotopic (exact) mass is 316 g/mol. The molecule has 1 aliphatic rings. The smallest absolute Gasteiger partial charge is 0.225 e. The molecular weight excluding hydrogens is 295 g/mol. The maximum Gasteiger partial charge on any atom is 0.225 e. The molecule has 0 aliphatic carbocycles. The molecule has 0 bridgehead atoms. The van der Waals surface area contributed by atoms with Gasteiger partial charge in [-0.05, 0) is 13.0 Å². The number of rotatable bonds is 4. The van der Waals surface area contributed by atoms with E-state index in [9.17, 15) is 9.50 Å². The number of hydrogen-bond acceptors (Lipinski definition) is 5. The predicted octanol–water partition coefficient (Wildman–Crippen LogP) is 1.32. The molecule has 0 amide bonds. The first-order valence-electron chi connectivity index (χ1n) is 7.79. The Morgan fingerprint density at radius 3 is 2.48 bits per heavy atom. The second-order valence-electron chi connectivity index (χ2n) is 5.98. The van der Waals surface area contributed by atoms with Crippen molar-refractivity contribution in [3.05, 3.63) is 53.6 Å². The molecule has 3 rings (SSSR count). The Kier molecular flexibility index (Phi) is 4.54. The highest BCUT2D eigenvalue weighted by Crippen LogP contribution is 2.32. The lowest BCUT2D eigenvalue weighted by molar-refractivity contribution is 0.227. The van der Waals surface area contributed by atoms with Crippen LogP contribution >= 0.6 is 0 Å². The Labute approximate surface area is 135 Å². The van der Waals surface area contributed by atoms with E-state index in [-0.39, 0.29) is 12.4 Å². The average molecular weight is 316 g/mol. The molecule has 1 fully saturated rings. The molecule has 0 saturated carbocycles. The number of piperazine rings is 1. The van der Waals surface area contributed by atoms with Crippen molar-refractivity contribution in [1.29, 1.82) is 0 Å². The van der Waals surface area contributed by atoms with E-state index in [0.717, 1.165) is 26.2 Å². The van der Waals surface area contributed by atoms with Crippen molar-refractivity contribution in [2.45, 2.75) is 12.3 Å². The fraction of sp³-hybridized carbons (Fsp3) is 0.412. The van der Waals surface area contributed by atoms with Gasteiger partial charge in [-0.1, -0.05) is 18.2 Å². The molecule has 2 heterocycles. The van der Waals surface area contributed by atoms with Gasteiger partial charge >= 0.3 is 0 Å². The van der Waals surface area contributed by atoms with Crippen molar-refractivity contribution in [3.63, 3.8) is 0 Å². The molecule has 1 unspecified atom stereocenters. The third-order valence-electron chi connectivity index (χ3n) is 4.46. The zero-order valence-corrected chi connectivity index (χ0v) is 13.2. The number of aliphatic hydroxyl groups excluding tert-OH is 1. The molecule has 0 spiro atoms. The highest BCUT2D eigenvalue weighted by Gasteiger charge is 2.32. The quantitative estimate of drug-likeness (QED) is 0.891. The number of aliphatic hydroxyl groups is 1. The summed E-state index contributed by atoms with van der Waals surface area (Å²) in [5.41, 5.74) is 0.276. The van der Waals surface area contributed by atoms with Crippen LogP contribution in [0.4, 0.5) is 10.3 Å². The minimum Gasteiger partial charge on any atom is -0.395 e. The molecular formula is C17H21FN4O. The van der Waals surface area contributed by atoms with E-state index < -0.39 is 5.41 Å². The maximum absolute atomic E-state index is 14.2. The van der Waals surface area contributed by atoms with Gasteiger partial charge in [-0.3, -0.25) is 0 Å². The lowest BCUT2D eigenvalue weighted by atomic mass is 9.78. The Bertz CT molecular complexity index is 658. The van der Waals surface area contributed by atoms with Crippen molar-refractivity contribution in [1.82, 2.24) is 15.3 Å². The van der Waals surface area contributed by atoms with Gasteiger partial charge in [-0.15, -0.1) is 0 Å². The van der Waals surface area contributed by atoms with Gasteiger partial charge in [0, 0.05) is 55.1 Å². The van der Waals surface area contributed by atoms with Gasteiger partial charge in [0.1, 0.15) is 5.82 Å². The van der Waals surface area contributed by atoms with Crippen molar-refractivity contribution in [2.75, 3.05) is 37.7 Å². The lowest BCUT2D eigenvalue weighted by Crippen LogP contribution is -2.44. The van der Waals surface area contributed by atoms with Gasteiger partial charge in [-0.2, -0.15) is 0 Å². The molecule has 5 nitrogen and oxygen atoms in total. The van der Waals surface area contributed by atoms with Gasteiger partial charge in [-0.25, -0.2) is 14.4 Å². The van der Waals surface area contributed by atoms with Crippen LogP contribution in [0.5, 0.6) is 0 Å². The number of benzene rings is 1. The maximum atomic E-state index is 14.2. The first-order valence-corrected chi connectivity index (χ1v) is 7.79. The number of hydrogen-bond donors (Lipinski definition) is 2. The van der Waals surface area contributed by atoms with Crippen LogP contribution in [0.3, 0.4) is 0 Å². The molecule has 2 N–H and O–H groups in total. The van der Waals surface area contributed by atoms with E-state index in [1.165, 1.54) is 6.07 Å². The minimum atomic E-state index is -0.868. The van der Waals surface area contributed by atoms with Crippen molar-refractivity contribution < 1.29 is 9.50 Å². The van der Waals surface area contributed by atoms with Crippen LogP contribution in [0.15, 0.2) is 36.7 Å². The van der Waals surface area contributed by atoms with Crippen LogP contribution < -0.4 is 10.2 Å². The number of halogens is 1. The number of nitrogens with one attached hydrogen (secondary N) is 1. The predicted molar refractivity (Wildman–Crippen MR) is 87.1 cm³/mol. The van der Waals surface area contributed by atoms with Gasteiger partial charge < -0.3 is 15.3 Å². The van der Waals surface area contributed by atoms with E-state index in [2.05, 4.69) is 20.2 Å². The highest BCUT2D eigenvalue weighted by molar-refractivity contribution is 5.39. The first kappa shape index (κ1) is 15.8. The number of anilines is 1. The summed E-state index contributed by atoms with van der Waals surface area (Å²) < 4.78 is 14.2. The van der Waals surface area contributed by atoms with E-state index in [1.807, 2.05) is 0 Å². The van der Waals surface area contributed by atoms with Gasteiger partial charge in [0.15, 0.2) is 0 Å². The SMILES string of the molecule is CC(CO)(c1cnc(N2CCNCC2)nc1)c1ccccc1F. The summed E-state index contributed by atoms with van der Waals surface area (Å²) in [4.78, 5) is 11.0. The summed E-state index contributed by atoms with van der Waals surface area (Å²) in [5, 5.41) is 13.2. The Hall–Kier alpha value is -2.05. The second kappa shape index (κ2) is 6.60. The van der Waals surface area contributed by atoms with Gasteiger partial charge in [0.2, 0.25) is 5.95 Å². The van der Waals surface area contributed by atoms with E-state index in [4.69, 9.17) is 0 Å². The summed E-state index contributed by atoms with van der Waals surface area (Å²) >= 11 is 0. The summed E-state index contributed by atoms with van der Waals surface area (Å²) in [7, 11) is 0. The molecule has 6 heteroatoms. The Balaban J connectivity index is 1.91. The van der Waals surface area contributed by atoms with Gasteiger partial charge in [0.05, 0.1) is 6.61 Å². The zero-order valence-electron chi connectivity index (χ0n) is 13.2. The molecule has 1 saturated heterocycles. The highest BCUT2D eigenvalue weighted by atomic mass is 19.1. The zero-order chi connectivity index (χ0) is 16.3. The van der Waals surface area contributed by atoms with E-state index >= 15 is 0 Å². The molecule has 1 aromatic carbocycles. The molecule has 1 aromatic heterocycles. The summed E-state index contributed by atoms with van der Waals surface area (Å²) in [6.07, 6.45) is 3.38. The molecule has 1 aliphatic heterocycles. The molecule has 1 atom stereocenters. The molecule has 23 heavy (non-hydrogen) atoms.